The third-order valence-corrected chi connectivity index (χ3v) is 0.167. The van der Waals surface area contributed by atoms with Crippen molar-refractivity contribution < 1.29 is 17.1 Å². The molecule has 0 aliphatic rings. The summed E-state index contributed by atoms with van der Waals surface area (Å²) in [4.78, 5) is 0. The molecule has 0 atom stereocenters. The van der Waals surface area contributed by atoms with E-state index in [9.17, 15) is 0 Å². The van der Waals surface area contributed by atoms with Crippen LogP contribution in [0.15, 0.2) is 0 Å². The monoisotopic (exact) mass is 139 g/mol. The molecule has 0 aliphatic heterocycles. The average Bonchev–Trinajstić information content (AvgIpc) is 1.37. The van der Waals surface area contributed by atoms with E-state index < -0.39 is 0 Å². The van der Waals surface area contributed by atoms with Crippen LogP contribution in [-0.4, -0.2) is 42.6 Å². The zero-order valence-electron chi connectivity index (χ0n) is 2.95. The first kappa shape index (κ1) is 15.7. The molecule has 4 heteroatoms. The van der Waals surface area contributed by atoms with Gasteiger partial charge in [-0.3, -0.25) is 0 Å². The van der Waals surface area contributed by atoms with Gasteiger partial charge in [0, 0.05) is 30.2 Å². The van der Waals surface area contributed by atoms with Gasteiger partial charge in [-0.25, -0.2) is 0 Å². The van der Waals surface area contributed by atoms with Crippen molar-refractivity contribution in [1.29, 1.82) is 0 Å². The molecule has 35 valence electrons. The van der Waals surface area contributed by atoms with Gasteiger partial charge in [0.1, 0.15) is 0 Å². The molecule has 1 radical (unpaired) electrons. The Morgan fingerprint density at radius 3 is 1.17 bits per heavy atom. The van der Waals surface area contributed by atoms with Crippen LogP contribution in [0.4, 0.5) is 0 Å². The van der Waals surface area contributed by atoms with Gasteiger partial charge in [-0.15, -0.1) is 0 Å². The number of nitrogens with two attached hydrogens (primary N) is 2. The third-order valence-electron chi connectivity index (χ3n) is 0.167. The zero-order valence-corrected chi connectivity index (χ0v) is 4.13. The maximum absolute atomic E-state index is 4.90. The Morgan fingerprint density at radius 1 is 1.00 bits per heavy atom. The summed E-state index contributed by atoms with van der Waals surface area (Å²) in [6, 6.07) is 0. The predicted molar refractivity (Wildman–Crippen MR) is 25.3 cm³/mol. The molecule has 0 rings (SSSR count). The van der Waals surface area contributed by atoms with Gasteiger partial charge >= 0.3 is 29.6 Å². The Labute approximate surface area is 70.8 Å². The van der Waals surface area contributed by atoms with Gasteiger partial charge in [-0.2, -0.15) is 0 Å². The molecule has 0 bridgehead atoms. The van der Waals surface area contributed by atoms with E-state index in [0.717, 1.165) is 0 Å². The normalized spacial score (nSPS) is 5.00. The van der Waals surface area contributed by atoms with Crippen molar-refractivity contribution in [3.05, 3.63) is 0 Å². The summed E-state index contributed by atoms with van der Waals surface area (Å²) in [5.74, 6) is 0. The molecule has 4 N–H and O–H groups in total. The van der Waals surface area contributed by atoms with E-state index >= 15 is 0 Å². The van der Waals surface area contributed by atoms with Crippen LogP contribution in [0.25, 0.3) is 0 Å². The Kier molecular flexibility index (Phi) is 42.0. The van der Waals surface area contributed by atoms with Crippen LogP contribution in [0.2, 0.25) is 0 Å². The molecule has 0 saturated carbocycles. The first-order valence-electron chi connectivity index (χ1n) is 1.32. The van der Waals surface area contributed by atoms with E-state index in [-0.39, 0.29) is 46.6 Å². The van der Waals surface area contributed by atoms with Crippen LogP contribution in [0.1, 0.15) is 0 Å². The molecular formula is C2H9MnN2Na. The first-order valence-corrected chi connectivity index (χ1v) is 1.32. The minimum atomic E-state index is 0. The van der Waals surface area contributed by atoms with E-state index in [1.165, 1.54) is 0 Å². The van der Waals surface area contributed by atoms with Crippen LogP contribution in [0.3, 0.4) is 0 Å². The minimum absolute atomic E-state index is 0. The first-order chi connectivity index (χ1) is 1.91. The molecule has 0 heterocycles. The van der Waals surface area contributed by atoms with Crippen LogP contribution in [0, 0.1) is 0 Å². The fraction of sp³-hybridized carbons (Fsp3) is 1.00. The summed E-state index contributed by atoms with van der Waals surface area (Å²) in [5.41, 5.74) is 9.81. The Hall–Kier alpha value is 1.44. The second-order valence-electron chi connectivity index (χ2n) is 0.577. The predicted octanol–water partition coefficient (Wildman–Crippen LogP) is -1.75. The molecule has 0 fully saturated rings. The second-order valence-corrected chi connectivity index (χ2v) is 0.577. The van der Waals surface area contributed by atoms with Gasteiger partial charge in [-0.05, 0) is 0 Å². The molecule has 0 aromatic rings. The van der Waals surface area contributed by atoms with Crippen molar-refractivity contribution in [2.24, 2.45) is 11.5 Å². The summed E-state index contributed by atoms with van der Waals surface area (Å²) in [6.45, 7) is 1.19. The fourth-order valence-electron chi connectivity index (χ4n) is 0. The third kappa shape index (κ3) is 18.0. The molecule has 0 amide bonds. The topological polar surface area (TPSA) is 52.0 Å². The summed E-state index contributed by atoms with van der Waals surface area (Å²) in [6.07, 6.45) is 0. The van der Waals surface area contributed by atoms with Crippen LogP contribution >= 0.6 is 0 Å². The molecule has 0 aromatic carbocycles. The van der Waals surface area contributed by atoms with E-state index in [0.29, 0.717) is 13.1 Å². The standard InChI is InChI=1S/C2H8N2.Mn.Na.H/c3-1-2-4;;;/h1-4H2;;;. The van der Waals surface area contributed by atoms with E-state index in [4.69, 9.17) is 11.5 Å². The van der Waals surface area contributed by atoms with Crippen molar-refractivity contribution >= 4 is 29.6 Å². The van der Waals surface area contributed by atoms with Crippen LogP contribution in [0.5, 0.6) is 0 Å². The van der Waals surface area contributed by atoms with Gasteiger partial charge in [-0.1, -0.05) is 0 Å². The van der Waals surface area contributed by atoms with Gasteiger partial charge < -0.3 is 11.5 Å². The summed E-state index contributed by atoms with van der Waals surface area (Å²) in [5, 5.41) is 0. The Bertz CT molecular complexity index is 13.5. The van der Waals surface area contributed by atoms with Crippen LogP contribution in [-0.2, 0) is 17.1 Å². The zero-order chi connectivity index (χ0) is 3.41. The maximum atomic E-state index is 4.90. The molecule has 0 saturated heterocycles. The van der Waals surface area contributed by atoms with Crippen molar-refractivity contribution in [2.45, 2.75) is 0 Å². The molecule has 0 aromatic heterocycles. The van der Waals surface area contributed by atoms with Crippen molar-refractivity contribution in [3.8, 4) is 0 Å². The summed E-state index contributed by atoms with van der Waals surface area (Å²) < 4.78 is 0. The van der Waals surface area contributed by atoms with Crippen molar-refractivity contribution in [3.63, 3.8) is 0 Å². The van der Waals surface area contributed by atoms with Crippen molar-refractivity contribution in [2.75, 3.05) is 13.1 Å². The number of hydrogen-bond acceptors (Lipinski definition) is 2. The molecule has 0 unspecified atom stereocenters. The number of hydrogen-bond donors (Lipinski definition) is 2. The Morgan fingerprint density at radius 2 is 1.17 bits per heavy atom. The average molecular weight is 139 g/mol. The molecule has 2 nitrogen and oxygen atoms in total. The summed E-state index contributed by atoms with van der Waals surface area (Å²) in [7, 11) is 0. The van der Waals surface area contributed by atoms with Gasteiger partial charge in [0.2, 0.25) is 0 Å². The molecule has 0 spiro atoms. The quantitative estimate of drug-likeness (QED) is 0.423. The second kappa shape index (κ2) is 16.1. The van der Waals surface area contributed by atoms with E-state index in [1.54, 1.807) is 0 Å². The van der Waals surface area contributed by atoms with Gasteiger partial charge in [0.15, 0.2) is 0 Å². The molecular weight excluding hydrogens is 130 g/mol. The van der Waals surface area contributed by atoms with E-state index in [1.807, 2.05) is 0 Å². The summed E-state index contributed by atoms with van der Waals surface area (Å²) >= 11 is 0. The Balaban J connectivity index is -0.0000000450. The number of rotatable bonds is 1. The fourth-order valence-corrected chi connectivity index (χ4v) is 0. The van der Waals surface area contributed by atoms with Gasteiger partial charge in [0.05, 0.1) is 0 Å². The SMILES string of the molecule is NCCN.[Mn].[NaH]. The molecule has 6 heavy (non-hydrogen) atoms. The molecule has 0 aliphatic carbocycles. The van der Waals surface area contributed by atoms with E-state index in [2.05, 4.69) is 0 Å². The van der Waals surface area contributed by atoms with Crippen molar-refractivity contribution in [1.82, 2.24) is 0 Å². The van der Waals surface area contributed by atoms with Crippen LogP contribution < -0.4 is 11.5 Å². The van der Waals surface area contributed by atoms with Gasteiger partial charge in [0.25, 0.3) is 0 Å².